The van der Waals surface area contributed by atoms with Gasteiger partial charge in [0.2, 0.25) is 0 Å². The molecule has 1 N–H and O–H groups in total. The molecular weight excluding hydrogens is 366 g/mol. The molecule has 5 nitrogen and oxygen atoms in total. The Balaban J connectivity index is 1.68. The molecule has 1 aromatic carbocycles. The highest BCUT2D eigenvalue weighted by Crippen LogP contribution is 2.49. The first-order valence-corrected chi connectivity index (χ1v) is 9.15. The Hall–Kier alpha value is -2.64. The average molecular weight is 386 g/mol. The Morgan fingerprint density at radius 3 is 2.82 bits per heavy atom. The molecule has 146 valence electrons. The quantitative estimate of drug-likeness (QED) is 0.477. The van der Waals surface area contributed by atoms with Crippen LogP contribution in [0.5, 0.6) is 0 Å². The molecule has 3 aromatic rings. The molecule has 0 amide bonds. The summed E-state index contributed by atoms with van der Waals surface area (Å²) in [5.74, 6) is -0.759. The fraction of sp³-hybridized carbons (Fsp3) is 0.333. The van der Waals surface area contributed by atoms with Crippen molar-refractivity contribution in [2.75, 3.05) is 19.8 Å². The number of halogens is 2. The molecule has 28 heavy (non-hydrogen) atoms. The largest absolute Gasteiger partial charge is 0.394 e. The van der Waals surface area contributed by atoms with Gasteiger partial charge in [0.25, 0.3) is 0 Å². The number of hydrogen-bond acceptors (Lipinski definition) is 4. The number of ketones is 1. The zero-order chi connectivity index (χ0) is 19.7. The predicted molar refractivity (Wildman–Crippen MR) is 98.7 cm³/mol. The Morgan fingerprint density at radius 2 is 2.11 bits per heavy atom. The van der Waals surface area contributed by atoms with Gasteiger partial charge < -0.3 is 14.2 Å². The van der Waals surface area contributed by atoms with E-state index in [1.54, 1.807) is 41.2 Å². The highest BCUT2D eigenvalue weighted by atomic mass is 19.1. The second-order valence-electron chi connectivity index (χ2n) is 7.03. The number of aliphatic hydroxyl groups is 1. The summed E-state index contributed by atoms with van der Waals surface area (Å²) in [6.45, 7) is -0.288. The van der Waals surface area contributed by atoms with Crippen molar-refractivity contribution in [3.8, 4) is 0 Å². The van der Waals surface area contributed by atoms with Crippen molar-refractivity contribution in [3.63, 3.8) is 0 Å². The van der Waals surface area contributed by atoms with Crippen molar-refractivity contribution < 1.29 is 23.4 Å². The summed E-state index contributed by atoms with van der Waals surface area (Å²) in [7, 11) is 0. The Morgan fingerprint density at radius 1 is 1.29 bits per heavy atom. The third-order valence-electron chi connectivity index (χ3n) is 5.08. The van der Waals surface area contributed by atoms with Gasteiger partial charge >= 0.3 is 0 Å². The molecule has 0 atom stereocenters. The van der Waals surface area contributed by atoms with Crippen molar-refractivity contribution in [2.24, 2.45) is 0 Å². The van der Waals surface area contributed by atoms with Crippen LogP contribution in [0, 0.1) is 5.82 Å². The number of benzene rings is 1. The first-order valence-electron chi connectivity index (χ1n) is 9.15. The fourth-order valence-electron chi connectivity index (χ4n) is 3.34. The molecule has 0 saturated heterocycles. The minimum atomic E-state index is -1.39. The molecule has 1 aliphatic carbocycles. The number of pyridine rings is 1. The predicted octanol–water partition coefficient (Wildman–Crippen LogP) is 3.21. The molecule has 0 radical (unpaired) electrons. The monoisotopic (exact) mass is 386 g/mol. The van der Waals surface area contributed by atoms with Crippen LogP contribution in [0.1, 0.15) is 40.0 Å². The number of hydrogen-bond donors (Lipinski definition) is 1. The number of ether oxygens (including phenoxy) is 1. The van der Waals surface area contributed by atoms with Gasteiger partial charge in [-0.25, -0.2) is 13.8 Å². The lowest BCUT2D eigenvalue weighted by atomic mass is 9.99. The highest BCUT2D eigenvalue weighted by Gasteiger charge is 2.45. The maximum absolute atomic E-state index is 14.7. The summed E-state index contributed by atoms with van der Waals surface area (Å²) in [6.07, 6.45) is 4.22. The van der Waals surface area contributed by atoms with Gasteiger partial charge in [-0.15, -0.1) is 0 Å². The van der Waals surface area contributed by atoms with E-state index in [0.717, 1.165) is 5.52 Å². The van der Waals surface area contributed by atoms with Gasteiger partial charge in [-0.05, 0) is 42.2 Å². The maximum Gasteiger partial charge on any atom is 0.190 e. The van der Waals surface area contributed by atoms with Gasteiger partial charge in [0.05, 0.1) is 31.3 Å². The molecule has 2 aromatic heterocycles. The van der Waals surface area contributed by atoms with Gasteiger partial charge in [0, 0.05) is 17.7 Å². The van der Waals surface area contributed by atoms with Crippen molar-refractivity contribution in [3.05, 3.63) is 71.1 Å². The first-order chi connectivity index (χ1) is 13.5. The standard InChI is InChI=1S/C21H20F2N2O3/c22-18-10-15(21(23)5-6-21)2-1-14(18)9-19-17(20(27)12-28-8-7-26)4-3-16-11-24-13-25(16)19/h1-4,10-11,13,26H,5-9,12H2. The van der Waals surface area contributed by atoms with Crippen molar-refractivity contribution in [1.82, 2.24) is 9.38 Å². The molecule has 0 spiro atoms. The first kappa shape index (κ1) is 18.7. The van der Waals surface area contributed by atoms with E-state index in [4.69, 9.17) is 9.84 Å². The molecular formula is C21H20F2N2O3. The van der Waals surface area contributed by atoms with E-state index < -0.39 is 11.5 Å². The van der Waals surface area contributed by atoms with Crippen LogP contribution in [-0.4, -0.2) is 40.1 Å². The maximum atomic E-state index is 14.7. The van der Waals surface area contributed by atoms with E-state index in [1.165, 1.54) is 6.07 Å². The number of imidazole rings is 1. The van der Waals surface area contributed by atoms with Crippen LogP contribution in [0.4, 0.5) is 8.78 Å². The smallest absolute Gasteiger partial charge is 0.190 e. The molecule has 4 rings (SSSR count). The number of alkyl halides is 1. The van der Waals surface area contributed by atoms with Gasteiger partial charge in [-0.1, -0.05) is 12.1 Å². The number of aliphatic hydroxyl groups excluding tert-OH is 1. The van der Waals surface area contributed by atoms with E-state index in [2.05, 4.69) is 4.98 Å². The van der Waals surface area contributed by atoms with Crippen molar-refractivity contribution in [1.29, 1.82) is 0 Å². The van der Waals surface area contributed by atoms with Gasteiger partial charge in [0.15, 0.2) is 5.78 Å². The van der Waals surface area contributed by atoms with Crippen LogP contribution >= 0.6 is 0 Å². The Labute approximate surface area is 160 Å². The number of aromatic nitrogens is 2. The van der Waals surface area contributed by atoms with E-state index in [0.29, 0.717) is 35.2 Å². The summed E-state index contributed by atoms with van der Waals surface area (Å²) in [5, 5.41) is 8.81. The number of carbonyl (C=O) groups is 1. The summed E-state index contributed by atoms with van der Waals surface area (Å²) >= 11 is 0. The molecule has 0 bridgehead atoms. The topological polar surface area (TPSA) is 63.8 Å². The zero-order valence-corrected chi connectivity index (χ0v) is 15.2. The summed E-state index contributed by atoms with van der Waals surface area (Å²) in [6, 6.07) is 7.88. The van der Waals surface area contributed by atoms with Crippen LogP contribution < -0.4 is 0 Å². The Bertz CT molecular complexity index is 1030. The molecule has 2 heterocycles. The fourth-order valence-corrected chi connectivity index (χ4v) is 3.34. The van der Waals surface area contributed by atoms with Crippen LogP contribution in [0.25, 0.3) is 5.52 Å². The number of carbonyl (C=O) groups excluding carboxylic acids is 1. The van der Waals surface area contributed by atoms with Crippen LogP contribution in [0.3, 0.4) is 0 Å². The lowest BCUT2D eigenvalue weighted by Crippen LogP contribution is -2.16. The molecule has 1 saturated carbocycles. The van der Waals surface area contributed by atoms with E-state index in [9.17, 15) is 13.6 Å². The van der Waals surface area contributed by atoms with Gasteiger partial charge in [0.1, 0.15) is 18.1 Å². The SMILES string of the molecule is O=C(COCCO)c1ccc2cncn2c1Cc1ccc(C2(F)CC2)cc1F. The molecule has 0 aliphatic heterocycles. The average Bonchev–Trinajstić information content (AvgIpc) is 3.25. The van der Waals surface area contributed by atoms with E-state index >= 15 is 0 Å². The van der Waals surface area contributed by atoms with Crippen LogP contribution in [0.2, 0.25) is 0 Å². The van der Waals surface area contributed by atoms with Crippen LogP contribution in [0.15, 0.2) is 42.9 Å². The minimum Gasteiger partial charge on any atom is -0.394 e. The molecule has 1 fully saturated rings. The summed E-state index contributed by atoms with van der Waals surface area (Å²) in [4.78, 5) is 16.7. The number of rotatable bonds is 8. The number of Topliss-reactive ketones (excluding diaryl/α,β-unsaturated/α-hetero) is 1. The van der Waals surface area contributed by atoms with Crippen LogP contribution in [-0.2, 0) is 16.8 Å². The molecule has 1 aliphatic rings. The molecule has 7 heteroatoms. The summed E-state index contributed by atoms with van der Waals surface area (Å²) in [5.41, 5.74) is 1.11. The third-order valence-corrected chi connectivity index (χ3v) is 5.08. The van der Waals surface area contributed by atoms with Crippen molar-refractivity contribution >= 4 is 11.3 Å². The zero-order valence-electron chi connectivity index (χ0n) is 15.2. The minimum absolute atomic E-state index is 0.0649. The normalized spacial score (nSPS) is 15.1. The second kappa shape index (κ2) is 7.41. The summed E-state index contributed by atoms with van der Waals surface area (Å²) < 4.78 is 35.8. The van der Waals surface area contributed by atoms with Gasteiger partial charge in [-0.2, -0.15) is 0 Å². The number of nitrogens with zero attached hydrogens (tertiary/aromatic N) is 2. The molecule has 0 unspecified atom stereocenters. The van der Waals surface area contributed by atoms with E-state index in [1.807, 2.05) is 0 Å². The number of fused-ring (bicyclic) bond motifs is 1. The highest BCUT2D eigenvalue weighted by molar-refractivity contribution is 5.98. The lowest BCUT2D eigenvalue weighted by Gasteiger charge is -2.14. The van der Waals surface area contributed by atoms with E-state index in [-0.39, 0.29) is 32.0 Å². The van der Waals surface area contributed by atoms with Crippen molar-refractivity contribution in [2.45, 2.75) is 24.9 Å². The second-order valence-corrected chi connectivity index (χ2v) is 7.03. The van der Waals surface area contributed by atoms with Gasteiger partial charge in [-0.3, -0.25) is 4.79 Å². The lowest BCUT2D eigenvalue weighted by molar-refractivity contribution is 0.0662. The Kier molecular flexibility index (Phi) is 4.95. The third kappa shape index (κ3) is 3.55.